The number of nitrogens with zero attached hydrogens (tertiary/aromatic N) is 2. The maximum atomic E-state index is 4.19. The second kappa shape index (κ2) is 14.0. The van der Waals surface area contributed by atoms with E-state index in [1.165, 1.54) is 0 Å². The number of halogens is 2. The minimum atomic E-state index is 0. The summed E-state index contributed by atoms with van der Waals surface area (Å²) in [6.45, 7) is 0. The molecule has 0 saturated heterocycles. The summed E-state index contributed by atoms with van der Waals surface area (Å²) < 4.78 is 2.19. The Kier molecular flexibility index (Phi) is 12.3. The standard InChI is InChI=1S/C10H8N2.C6H5.C4HBr2S.Pt/c1-3-7-11-9(5-1)10-6-2-4-8-12-10;1-2-4-6-5-3-1;5-3-1-2-7-4(3)6;/h1-8H;1-5H;1H;/q;2*-1;+2. The first-order chi connectivity index (χ1) is 12.3. The second-order valence-electron chi connectivity index (χ2n) is 4.49. The molecule has 4 aromatic rings. The molecule has 0 unspecified atom stereocenters. The van der Waals surface area contributed by atoms with Crippen molar-refractivity contribution >= 4 is 43.2 Å². The van der Waals surface area contributed by atoms with E-state index in [-0.39, 0.29) is 21.1 Å². The van der Waals surface area contributed by atoms with Crippen LogP contribution >= 0.6 is 43.2 Å². The second-order valence-corrected chi connectivity index (χ2v) is 7.51. The first-order valence-electron chi connectivity index (χ1n) is 7.32. The van der Waals surface area contributed by atoms with Gasteiger partial charge in [0.05, 0.1) is 11.4 Å². The van der Waals surface area contributed by atoms with Crippen molar-refractivity contribution in [3.05, 3.63) is 105 Å². The molecule has 0 radical (unpaired) electrons. The summed E-state index contributed by atoms with van der Waals surface area (Å²) in [7, 11) is 0. The van der Waals surface area contributed by atoms with Crippen LogP contribution in [-0.2, 0) is 21.1 Å². The molecule has 26 heavy (non-hydrogen) atoms. The van der Waals surface area contributed by atoms with Crippen molar-refractivity contribution in [2.24, 2.45) is 0 Å². The number of aromatic nitrogens is 2. The molecular weight excluding hydrogens is 655 g/mol. The average molecular weight is 669 g/mol. The van der Waals surface area contributed by atoms with Crippen molar-refractivity contribution in [3.8, 4) is 11.4 Å². The third-order valence-electron chi connectivity index (χ3n) is 2.72. The van der Waals surface area contributed by atoms with Crippen molar-refractivity contribution in [2.75, 3.05) is 0 Å². The zero-order chi connectivity index (χ0) is 17.7. The number of benzene rings is 1. The molecule has 0 fully saturated rings. The fourth-order valence-electron chi connectivity index (χ4n) is 1.61. The Morgan fingerprint density at radius 3 is 1.58 bits per heavy atom. The van der Waals surface area contributed by atoms with Gasteiger partial charge in [0.15, 0.2) is 0 Å². The van der Waals surface area contributed by atoms with Crippen molar-refractivity contribution in [1.82, 2.24) is 9.97 Å². The van der Waals surface area contributed by atoms with Crippen LogP contribution in [0.1, 0.15) is 0 Å². The smallest absolute Gasteiger partial charge is 0.288 e. The minimum Gasteiger partial charge on any atom is -0.288 e. The Balaban J connectivity index is 0.000000208. The monoisotopic (exact) mass is 667 g/mol. The molecule has 0 N–H and O–H groups in total. The van der Waals surface area contributed by atoms with Crippen molar-refractivity contribution < 1.29 is 21.1 Å². The Hall–Kier alpha value is -1.13. The third-order valence-corrected chi connectivity index (χ3v) is 5.69. The van der Waals surface area contributed by atoms with Crippen LogP contribution in [-0.4, -0.2) is 9.97 Å². The van der Waals surface area contributed by atoms with E-state index in [1.807, 2.05) is 72.8 Å². The molecule has 134 valence electrons. The van der Waals surface area contributed by atoms with Gasteiger partial charge in [-0.15, -0.1) is 41.7 Å². The average Bonchev–Trinajstić information content (AvgIpc) is 3.08. The summed E-state index contributed by atoms with van der Waals surface area (Å²) in [6, 6.07) is 26.0. The predicted octanol–water partition coefficient (Wildman–Crippen LogP) is 6.70. The number of thiophene rings is 1. The van der Waals surface area contributed by atoms with Gasteiger partial charge in [0.2, 0.25) is 0 Å². The van der Waals surface area contributed by atoms with E-state index in [9.17, 15) is 0 Å². The van der Waals surface area contributed by atoms with E-state index in [4.69, 9.17) is 0 Å². The molecule has 0 atom stereocenters. The van der Waals surface area contributed by atoms with E-state index >= 15 is 0 Å². The maximum absolute atomic E-state index is 4.19. The van der Waals surface area contributed by atoms with Crippen LogP contribution in [0.4, 0.5) is 0 Å². The zero-order valence-electron chi connectivity index (χ0n) is 13.5. The van der Waals surface area contributed by atoms with Crippen LogP contribution in [0.5, 0.6) is 0 Å². The number of pyridine rings is 2. The first-order valence-corrected chi connectivity index (χ1v) is 9.72. The van der Waals surface area contributed by atoms with Crippen LogP contribution in [0, 0.1) is 11.4 Å². The van der Waals surface area contributed by atoms with Gasteiger partial charge >= 0.3 is 21.1 Å². The predicted molar refractivity (Wildman–Crippen MR) is 111 cm³/mol. The van der Waals surface area contributed by atoms with Gasteiger partial charge in [0, 0.05) is 12.4 Å². The molecule has 0 spiro atoms. The molecule has 2 nitrogen and oxygen atoms in total. The maximum Gasteiger partial charge on any atom is 2.00 e. The molecule has 0 bridgehead atoms. The summed E-state index contributed by atoms with van der Waals surface area (Å²) in [5, 5.41) is 2.95. The van der Waals surface area contributed by atoms with Crippen LogP contribution in [0.3, 0.4) is 0 Å². The Labute approximate surface area is 189 Å². The summed E-state index contributed by atoms with van der Waals surface area (Å²) in [5.41, 5.74) is 1.83. The summed E-state index contributed by atoms with van der Waals surface area (Å²) in [4.78, 5) is 8.37. The third kappa shape index (κ3) is 9.00. The topological polar surface area (TPSA) is 25.8 Å². The molecule has 0 saturated carbocycles. The Morgan fingerprint density at radius 2 is 1.35 bits per heavy atom. The normalized spacial score (nSPS) is 8.85. The van der Waals surface area contributed by atoms with E-state index in [0.29, 0.717) is 0 Å². The molecule has 4 rings (SSSR count). The molecule has 0 amide bonds. The summed E-state index contributed by atoms with van der Waals surface area (Å²) >= 11 is 8.15. The molecule has 1 aromatic carbocycles. The van der Waals surface area contributed by atoms with E-state index in [1.54, 1.807) is 23.7 Å². The molecule has 0 aliphatic heterocycles. The van der Waals surface area contributed by atoms with Gasteiger partial charge in [0.25, 0.3) is 0 Å². The van der Waals surface area contributed by atoms with E-state index in [0.717, 1.165) is 19.6 Å². The van der Waals surface area contributed by atoms with Crippen LogP contribution in [0.15, 0.2) is 93.4 Å². The fourth-order valence-corrected chi connectivity index (χ4v) is 2.95. The van der Waals surface area contributed by atoms with Crippen LogP contribution < -0.4 is 0 Å². The number of hydrogen-bond donors (Lipinski definition) is 0. The van der Waals surface area contributed by atoms with E-state index in [2.05, 4.69) is 53.3 Å². The SMILES string of the molecule is Brc1c[c-]sc1Br.[Pt+2].[c-]1ccccc1.c1ccc(-c2ccccn2)nc1. The summed E-state index contributed by atoms with van der Waals surface area (Å²) in [6.07, 6.45) is 3.54. The quantitative estimate of drug-likeness (QED) is 0.211. The minimum absolute atomic E-state index is 0. The first kappa shape index (κ1) is 22.9. The number of rotatable bonds is 1. The molecule has 0 aliphatic rings. The van der Waals surface area contributed by atoms with Gasteiger partial charge in [-0.2, -0.15) is 42.5 Å². The van der Waals surface area contributed by atoms with Gasteiger partial charge in [-0.05, 0) is 24.3 Å². The van der Waals surface area contributed by atoms with Gasteiger partial charge < -0.3 is 0 Å². The molecule has 6 heteroatoms. The molecule has 3 aromatic heterocycles. The van der Waals surface area contributed by atoms with Gasteiger partial charge in [-0.25, -0.2) is 0 Å². The fraction of sp³-hybridized carbons (Fsp3) is 0. The van der Waals surface area contributed by atoms with Crippen LogP contribution in [0.25, 0.3) is 11.4 Å². The Bertz CT molecular complexity index is 747. The van der Waals surface area contributed by atoms with Gasteiger partial charge in [0.1, 0.15) is 0 Å². The number of hydrogen-bond acceptors (Lipinski definition) is 3. The zero-order valence-corrected chi connectivity index (χ0v) is 19.7. The van der Waals surface area contributed by atoms with Crippen LogP contribution in [0.2, 0.25) is 0 Å². The van der Waals surface area contributed by atoms with Crippen molar-refractivity contribution in [1.29, 1.82) is 0 Å². The molecular formula is C20H14Br2N2PtS. The van der Waals surface area contributed by atoms with Crippen molar-refractivity contribution in [2.45, 2.75) is 0 Å². The Morgan fingerprint density at radius 1 is 0.769 bits per heavy atom. The van der Waals surface area contributed by atoms with E-state index < -0.39 is 0 Å². The van der Waals surface area contributed by atoms with Crippen molar-refractivity contribution in [3.63, 3.8) is 0 Å². The molecule has 0 aliphatic carbocycles. The largest absolute Gasteiger partial charge is 2.00 e. The molecule has 3 heterocycles. The van der Waals surface area contributed by atoms with Gasteiger partial charge in [-0.3, -0.25) is 21.3 Å². The van der Waals surface area contributed by atoms with Gasteiger partial charge in [-0.1, -0.05) is 15.9 Å². The summed E-state index contributed by atoms with van der Waals surface area (Å²) in [5.74, 6) is 0.